The van der Waals surface area contributed by atoms with Crippen LogP contribution in [0.3, 0.4) is 0 Å². The number of fused-ring (bicyclic) bond motifs is 2. The van der Waals surface area contributed by atoms with E-state index in [4.69, 9.17) is 10.8 Å². The Balaban J connectivity index is 0.697. The number of piperidine rings is 2. The third kappa shape index (κ3) is 6.68. The molecule has 1 unspecified atom stereocenters. The van der Waals surface area contributed by atoms with Gasteiger partial charge in [-0.15, -0.1) is 0 Å². The Morgan fingerprint density at radius 1 is 0.776 bits per heavy atom. The summed E-state index contributed by atoms with van der Waals surface area (Å²) in [6, 6.07) is 23.6. The standard InChI is InChI=1S/C43H45N11O4/c44-39-37-38(28-7-9-30(10-8-28)47-29-4-2-1-3-5-29)49-54(40(37)46-25-45-39)31-14-16-52(17-15-31)32-23-51(24-32)22-27-20-50(21-27)19-26-6-11-33-34(18-26)43(58)53(42(33)57)35-12-13-36(55)48-41(35)56/h1-11,18,25,27,31-32,35,47H,12-17,19-24H2,(H2,44,45,46)(H,48,55,56). The number of carbonyl (C=O) groups excluding carboxylic acids is 4. The van der Waals surface area contributed by atoms with Gasteiger partial charge in [0.25, 0.3) is 11.8 Å². The number of benzene rings is 3. The van der Waals surface area contributed by atoms with E-state index < -0.39 is 23.8 Å². The molecule has 10 rings (SSSR count). The molecule has 4 N–H and O–H groups in total. The average Bonchev–Trinajstić information content (AvgIpc) is 3.71. The Morgan fingerprint density at radius 3 is 2.28 bits per heavy atom. The summed E-state index contributed by atoms with van der Waals surface area (Å²) in [6.45, 7) is 7.94. The van der Waals surface area contributed by atoms with E-state index in [1.165, 1.54) is 6.33 Å². The van der Waals surface area contributed by atoms with E-state index in [-0.39, 0.29) is 24.8 Å². The maximum Gasteiger partial charge on any atom is 0.262 e. The van der Waals surface area contributed by atoms with Gasteiger partial charge in [-0.2, -0.15) is 5.10 Å². The van der Waals surface area contributed by atoms with Gasteiger partial charge in [0.2, 0.25) is 11.8 Å². The fourth-order valence-corrected chi connectivity index (χ4v) is 9.43. The van der Waals surface area contributed by atoms with Crippen molar-refractivity contribution in [2.24, 2.45) is 5.92 Å². The predicted octanol–water partition coefficient (Wildman–Crippen LogP) is 3.67. The molecular formula is C43H45N11O4. The van der Waals surface area contributed by atoms with Crippen LogP contribution >= 0.6 is 0 Å². The molecule has 0 radical (unpaired) electrons. The first-order chi connectivity index (χ1) is 28.3. The van der Waals surface area contributed by atoms with Gasteiger partial charge in [0.1, 0.15) is 23.9 Å². The van der Waals surface area contributed by atoms with Gasteiger partial charge < -0.3 is 11.1 Å². The van der Waals surface area contributed by atoms with Crippen molar-refractivity contribution in [3.05, 3.63) is 95.8 Å². The molecule has 5 aromatic rings. The summed E-state index contributed by atoms with van der Waals surface area (Å²) in [4.78, 5) is 67.9. The van der Waals surface area contributed by atoms with Crippen molar-refractivity contribution >= 4 is 51.9 Å². The molecule has 4 amide bonds. The monoisotopic (exact) mass is 779 g/mol. The van der Waals surface area contributed by atoms with Crippen LogP contribution < -0.4 is 16.4 Å². The number of carbonyl (C=O) groups is 4. The number of rotatable bonds is 10. The summed E-state index contributed by atoms with van der Waals surface area (Å²) < 4.78 is 2.09. The van der Waals surface area contributed by atoms with E-state index in [2.05, 4.69) is 64.2 Å². The Labute approximate surface area is 335 Å². The zero-order chi connectivity index (χ0) is 39.5. The van der Waals surface area contributed by atoms with Crippen molar-refractivity contribution in [2.75, 3.05) is 56.9 Å². The number of hydrogen-bond donors (Lipinski definition) is 3. The predicted molar refractivity (Wildman–Crippen MR) is 217 cm³/mol. The van der Waals surface area contributed by atoms with Crippen LogP contribution in [0, 0.1) is 5.92 Å². The summed E-state index contributed by atoms with van der Waals surface area (Å²) in [6.07, 6.45) is 3.77. The lowest BCUT2D eigenvalue weighted by Gasteiger charge is -2.50. The third-order valence-corrected chi connectivity index (χ3v) is 12.5. The largest absolute Gasteiger partial charge is 0.383 e. The summed E-state index contributed by atoms with van der Waals surface area (Å²) in [5, 5.41) is 11.6. The number of nitrogens with zero attached hydrogens (tertiary/aromatic N) is 8. The fourth-order valence-electron chi connectivity index (χ4n) is 9.43. The zero-order valence-electron chi connectivity index (χ0n) is 32.1. The highest BCUT2D eigenvalue weighted by Gasteiger charge is 2.45. The van der Waals surface area contributed by atoms with Crippen LogP contribution in [0.4, 0.5) is 17.2 Å². The van der Waals surface area contributed by atoms with Gasteiger partial charge in [0.15, 0.2) is 5.65 Å². The minimum absolute atomic E-state index is 0.104. The molecule has 5 aliphatic heterocycles. The first-order valence-corrected chi connectivity index (χ1v) is 20.2. The van der Waals surface area contributed by atoms with Crippen LogP contribution in [0.15, 0.2) is 79.1 Å². The van der Waals surface area contributed by atoms with Gasteiger partial charge in [-0.25, -0.2) is 14.6 Å². The second-order valence-electron chi connectivity index (χ2n) is 16.3. The quantitative estimate of drug-likeness (QED) is 0.176. The van der Waals surface area contributed by atoms with Crippen LogP contribution in [0.2, 0.25) is 0 Å². The molecule has 5 aliphatic rings. The van der Waals surface area contributed by atoms with Crippen molar-refractivity contribution < 1.29 is 19.2 Å². The maximum absolute atomic E-state index is 13.3. The molecule has 1 atom stereocenters. The minimum Gasteiger partial charge on any atom is -0.383 e. The first kappa shape index (κ1) is 36.3. The van der Waals surface area contributed by atoms with Gasteiger partial charge >= 0.3 is 0 Å². The number of nitrogen functional groups attached to an aromatic ring is 1. The third-order valence-electron chi connectivity index (χ3n) is 12.5. The molecule has 58 heavy (non-hydrogen) atoms. The number of likely N-dealkylation sites (tertiary alicyclic amines) is 3. The van der Waals surface area contributed by atoms with Gasteiger partial charge in [0.05, 0.1) is 22.6 Å². The molecule has 7 heterocycles. The van der Waals surface area contributed by atoms with Crippen molar-refractivity contribution in [3.63, 3.8) is 0 Å². The zero-order valence-corrected chi connectivity index (χ0v) is 32.1. The SMILES string of the molecule is Nc1ncnc2c1c(-c1ccc(Nc3ccccc3)cc1)nn2C1CCN(C2CN(CC3CN(Cc4ccc5c(c4)C(=O)N(C4CCC(=O)NC4=O)C5=O)C3)C2)CC1. The summed E-state index contributed by atoms with van der Waals surface area (Å²) in [5.74, 6) is -0.877. The van der Waals surface area contributed by atoms with Crippen LogP contribution in [-0.4, -0.2) is 121 Å². The van der Waals surface area contributed by atoms with Crippen molar-refractivity contribution in [1.29, 1.82) is 0 Å². The lowest BCUT2D eigenvalue weighted by atomic mass is 9.94. The van der Waals surface area contributed by atoms with E-state index >= 15 is 0 Å². The molecule has 4 saturated heterocycles. The van der Waals surface area contributed by atoms with E-state index in [1.54, 1.807) is 12.1 Å². The Bertz CT molecular complexity index is 2420. The van der Waals surface area contributed by atoms with E-state index in [0.717, 1.165) is 103 Å². The molecule has 15 nitrogen and oxygen atoms in total. The molecule has 296 valence electrons. The van der Waals surface area contributed by atoms with Gasteiger partial charge in [-0.05, 0) is 67.1 Å². The Hall–Kier alpha value is -6.03. The highest BCUT2D eigenvalue weighted by Crippen LogP contribution is 2.36. The highest BCUT2D eigenvalue weighted by atomic mass is 16.2. The summed E-state index contributed by atoms with van der Waals surface area (Å²) in [5.41, 5.74) is 12.7. The normalized spacial score (nSPS) is 21.3. The van der Waals surface area contributed by atoms with Crippen molar-refractivity contribution in [1.82, 2.24) is 44.7 Å². The number of anilines is 3. The van der Waals surface area contributed by atoms with Gasteiger partial charge in [0, 0.05) is 81.8 Å². The smallest absolute Gasteiger partial charge is 0.262 e. The highest BCUT2D eigenvalue weighted by molar-refractivity contribution is 6.23. The van der Waals surface area contributed by atoms with E-state index in [0.29, 0.717) is 35.4 Å². The molecule has 3 aromatic carbocycles. The second kappa shape index (κ2) is 14.7. The molecule has 15 heteroatoms. The topological polar surface area (TPSA) is 175 Å². The molecule has 0 spiro atoms. The minimum atomic E-state index is -0.955. The molecule has 0 bridgehead atoms. The molecule has 0 saturated carbocycles. The summed E-state index contributed by atoms with van der Waals surface area (Å²) in [7, 11) is 0. The van der Waals surface area contributed by atoms with Gasteiger partial charge in [-0.1, -0.05) is 36.4 Å². The Kier molecular flexibility index (Phi) is 9.22. The van der Waals surface area contributed by atoms with E-state index in [9.17, 15) is 19.2 Å². The van der Waals surface area contributed by atoms with E-state index in [1.807, 2.05) is 36.4 Å². The Morgan fingerprint density at radius 2 is 1.52 bits per heavy atom. The molecular weight excluding hydrogens is 735 g/mol. The first-order valence-electron chi connectivity index (χ1n) is 20.2. The number of amides is 4. The lowest BCUT2D eigenvalue weighted by Crippen LogP contribution is -2.63. The average molecular weight is 780 g/mol. The molecule has 0 aliphatic carbocycles. The van der Waals surface area contributed by atoms with Crippen molar-refractivity contribution in [2.45, 2.75) is 50.4 Å². The lowest BCUT2D eigenvalue weighted by molar-refractivity contribution is -0.136. The molecule has 2 aromatic heterocycles. The van der Waals surface area contributed by atoms with Gasteiger partial charge in [-0.3, -0.25) is 44.1 Å². The fraction of sp³-hybridized carbons (Fsp3) is 0.372. The number of hydrogen-bond acceptors (Lipinski definition) is 12. The van der Waals surface area contributed by atoms with Crippen LogP contribution in [0.1, 0.15) is 58.0 Å². The van der Waals surface area contributed by atoms with Crippen molar-refractivity contribution in [3.8, 4) is 11.3 Å². The number of imide groups is 2. The van der Waals surface area contributed by atoms with Crippen LogP contribution in [0.25, 0.3) is 22.3 Å². The molecule has 4 fully saturated rings. The number of nitrogens with one attached hydrogen (secondary N) is 2. The number of para-hydroxylation sites is 1. The van der Waals surface area contributed by atoms with Crippen LogP contribution in [-0.2, 0) is 16.1 Å². The second-order valence-corrected chi connectivity index (χ2v) is 16.3. The number of nitrogens with two attached hydrogens (primary N) is 1. The summed E-state index contributed by atoms with van der Waals surface area (Å²) >= 11 is 0. The maximum atomic E-state index is 13.3. The van der Waals surface area contributed by atoms with Crippen LogP contribution in [0.5, 0.6) is 0 Å². The number of aromatic nitrogens is 4.